The third-order valence-corrected chi connectivity index (χ3v) is 11.6. The smallest absolute Gasteiger partial charge is 0.407 e. The van der Waals surface area contributed by atoms with Crippen LogP contribution in [0.3, 0.4) is 0 Å². The van der Waals surface area contributed by atoms with Crippen molar-refractivity contribution in [3.8, 4) is 22.8 Å². The number of carbonyl (C=O) groups is 4. The molecule has 0 aliphatic carbocycles. The van der Waals surface area contributed by atoms with Crippen molar-refractivity contribution >= 4 is 46.1 Å². The number of methoxy groups -OCH3 is 1. The zero-order valence-corrected chi connectivity index (χ0v) is 33.4. The van der Waals surface area contributed by atoms with Gasteiger partial charge in [-0.15, -0.1) is 0 Å². The van der Waals surface area contributed by atoms with E-state index in [0.29, 0.717) is 71.4 Å². The van der Waals surface area contributed by atoms with Crippen molar-refractivity contribution in [2.24, 2.45) is 0 Å². The van der Waals surface area contributed by atoms with Crippen molar-refractivity contribution in [1.29, 1.82) is 0 Å². The van der Waals surface area contributed by atoms with Crippen LogP contribution >= 0.6 is 0 Å². The topological polar surface area (TPSA) is 203 Å². The predicted molar refractivity (Wildman–Crippen MR) is 224 cm³/mol. The molecule has 7 aromatic rings. The highest BCUT2D eigenvalue weighted by molar-refractivity contribution is 5.91. The van der Waals surface area contributed by atoms with E-state index in [-0.39, 0.29) is 23.9 Å². The summed E-state index contributed by atoms with van der Waals surface area (Å²) in [6, 6.07) is 26.8. The maximum atomic E-state index is 14.1. The van der Waals surface area contributed by atoms with Gasteiger partial charge in [0.15, 0.2) is 5.76 Å². The van der Waals surface area contributed by atoms with Crippen molar-refractivity contribution in [3.05, 3.63) is 126 Å². The molecule has 16 nitrogen and oxygen atoms in total. The van der Waals surface area contributed by atoms with Crippen LogP contribution in [-0.2, 0) is 14.3 Å². The van der Waals surface area contributed by atoms with Gasteiger partial charge >= 0.3 is 12.2 Å². The number of alkyl carbamates (subject to hydrolysis) is 1. The van der Waals surface area contributed by atoms with E-state index in [2.05, 4.69) is 20.3 Å². The molecule has 5 heterocycles. The Morgan fingerprint density at radius 1 is 0.820 bits per heavy atom. The largest absolute Gasteiger partial charge is 0.465 e. The third kappa shape index (κ3) is 7.40. The molecular formula is C45H43N9O7. The van der Waals surface area contributed by atoms with Gasteiger partial charge in [0.05, 0.1) is 47.5 Å². The van der Waals surface area contributed by atoms with Crippen molar-refractivity contribution < 1.29 is 33.4 Å². The van der Waals surface area contributed by atoms with Crippen LogP contribution in [0.2, 0.25) is 0 Å². The number of carbonyl (C=O) groups excluding carboxylic acids is 3. The van der Waals surface area contributed by atoms with Gasteiger partial charge in [0.2, 0.25) is 5.89 Å². The summed E-state index contributed by atoms with van der Waals surface area (Å²) < 4.78 is 11.2. The fraction of sp³-hybridized carbons (Fsp3) is 0.267. The summed E-state index contributed by atoms with van der Waals surface area (Å²) in [6.45, 7) is 0.981. The number of likely N-dealkylation sites (N-methyl/N-ethyl adjacent to an activating group) is 1. The Bertz CT molecular complexity index is 2750. The molecule has 0 saturated carbocycles. The van der Waals surface area contributed by atoms with Gasteiger partial charge < -0.3 is 39.3 Å². The minimum Gasteiger partial charge on any atom is -0.465 e. The molecule has 61 heavy (non-hydrogen) atoms. The van der Waals surface area contributed by atoms with Crippen molar-refractivity contribution in [2.75, 3.05) is 27.2 Å². The number of oxazole rings is 1. The first-order chi connectivity index (χ1) is 29.7. The molecule has 4 N–H and O–H groups in total. The molecule has 4 amide bonds. The van der Waals surface area contributed by atoms with Gasteiger partial charge in [0, 0.05) is 25.7 Å². The summed E-state index contributed by atoms with van der Waals surface area (Å²) in [4.78, 5) is 78.4. The lowest BCUT2D eigenvalue weighted by Crippen LogP contribution is -2.43. The van der Waals surface area contributed by atoms with Crippen LogP contribution in [0.15, 0.2) is 108 Å². The summed E-state index contributed by atoms with van der Waals surface area (Å²) >= 11 is 0. The molecule has 310 valence electrons. The minimum atomic E-state index is -1.19. The Morgan fingerprint density at radius 3 is 2.16 bits per heavy atom. The van der Waals surface area contributed by atoms with Gasteiger partial charge in [-0.05, 0) is 67.1 Å². The van der Waals surface area contributed by atoms with E-state index >= 15 is 0 Å². The highest BCUT2D eigenvalue weighted by Gasteiger charge is 2.40. The molecule has 2 saturated heterocycles. The number of para-hydroxylation sites is 1. The first-order valence-electron chi connectivity index (χ1n) is 20.1. The summed E-state index contributed by atoms with van der Waals surface area (Å²) in [5.74, 6) is 1.58. The van der Waals surface area contributed by atoms with Crippen LogP contribution in [0.1, 0.15) is 72.6 Å². The maximum absolute atomic E-state index is 14.1. The Labute approximate surface area is 349 Å². The number of ether oxygens (including phenoxy) is 1. The average Bonchev–Trinajstić information content (AvgIpc) is 4.14. The number of nitrogens with zero attached hydrogens (tertiary/aromatic N) is 6. The normalized spacial score (nSPS) is 17.4. The molecule has 0 spiro atoms. The molecule has 2 fully saturated rings. The SMILES string of the molecule is COC(=O)N[C@H](C(=O)N1CCCC1c1nc2ccc(-c3cnc(-c4cccc5[nH]c([C@@H]6CCCN6C(=O)[C@@H](c6ccccc6)N(C)C(=O)O)nc45)o3)cc2[nH]1)c1ccccc1. The fourth-order valence-electron chi connectivity index (χ4n) is 8.59. The Morgan fingerprint density at radius 2 is 1.48 bits per heavy atom. The second-order valence-electron chi connectivity index (χ2n) is 15.3. The van der Waals surface area contributed by atoms with Crippen molar-refractivity contribution in [3.63, 3.8) is 0 Å². The maximum Gasteiger partial charge on any atom is 0.407 e. The summed E-state index contributed by atoms with van der Waals surface area (Å²) in [7, 11) is 2.68. The Balaban J connectivity index is 0.958. The van der Waals surface area contributed by atoms with Crippen LogP contribution in [0, 0.1) is 0 Å². The van der Waals surface area contributed by atoms with E-state index in [4.69, 9.17) is 19.1 Å². The van der Waals surface area contributed by atoms with Crippen LogP contribution in [-0.4, -0.2) is 96.0 Å². The molecule has 4 aromatic carbocycles. The zero-order valence-electron chi connectivity index (χ0n) is 33.4. The highest BCUT2D eigenvalue weighted by Crippen LogP contribution is 2.38. The predicted octanol–water partition coefficient (Wildman–Crippen LogP) is 7.54. The number of aromatic amines is 2. The molecule has 9 rings (SSSR count). The Kier molecular flexibility index (Phi) is 10.4. The van der Waals surface area contributed by atoms with E-state index in [1.807, 2.05) is 60.7 Å². The quantitative estimate of drug-likeness (QED) is 0.107. The molecule has 2 aliphatic rings. The fourth-order valence-corrected chi connectivity index (χ4v) is 8.59. The first kappa shape index (κ1) is 39.0. The highest BCUT2D eigenvalue weighted by atomic mass is 16.5. The number of nitrogens with one attached hydrogen (secondary N) is 3. The number of aromatic nitrogens is 5. The van der Waals surface area contributed by atoms with Crippen LogP contribution in [0.5, 0.6) is 0 Å². The van der Waals surface area contributed by atoms with E-state index in [1.54, 1.807) is 52.4 Å². The van der Waals surface area contributed by atoms with Crippen LogP contribution < -0.4 is 5.32 Å². The minimum absolute atomic E-state index is 0.247. The lowest BCUT2D eigenvalue weighted by molar-refractivity contribution is -0.137. The lowest BCUT2D eigenvalue weighted by Gasteiger charge is -2.32. The second kappa shape index (κ2) is 16.3. The number of hydrogen-bond acceptors (Lipinski definition) is 9. The van der Waals surface area contributed by atoms with Crippen molar-refractivity contribution in [1.82, 2.24) is 44.9 Å². The van der Waals surface area contributed by atoms with Gasteiger partial charge in [0.25, 0.3) is 11.8 Å². The number of carboxylic acid groups (broad SMARTS) is 1. The summed E-state index contributed by atoms with van der Waals surface area (Å²) in [5, 5.41) is 12.6. The number of imidazole rings is 2. The molecule has 3 aromatic heterocycles. The van der Waals surface area contributed by atoms with E-state index in [9.17, 15) is 24.3 Å². The Hall–Kier alpha value is -7.49. The van der Waals surface area contributed by atoms with Gasteiger partial charge in [0.1, 0.15) is 29.2 Å². The lowest BCUT2D eigenvalue weighted by atomic mass is 10.0. The average molecular weight is 822 g/mol. The number of hydrogen-bond donors (Lipinski definition) is 4. The summed E-state index contributed by atoms with van der Waals surface area (Å²) in [5.41, 5.74) is 5.55. The third-order valence-electron chi connectivity index (χ3n) is 11.6. The molecule has 1 unspecified atom stereocenters. The number of amides is 4. The number of fused-ring (bicyclic) bond motifs is 2. The van der Waals surface area contributed by atoms with Crippen LogP contribution in [0.25, 0.3) is 44.8 Å². The van der Waals surface area contributed by atoms with Crippen molar-refractivity contribution in [2.45, 2.75) is 49.9 Å². The van der Waals surface area contributed by atoms with Gasteiger partial charge in [-0.25, -0.2) is 24.5 Å². The van der Waals surface area contributed by atoms with E-state index in [1.165, 1.54) is 14.2 Å². The molecule has 0 radical (unpaired) electrons. The molecule has 0 bridgehead atoms. The van der Waals surface area contributed by atoms with E-state index in [0.717, 1.165) is 39.9 Å². The van der Waals surface area contributed by atoms with Gasteiger partial charge in [-0.2, -0.15) is 0 Å². The summed E-state index contributed by atoms with van der Waals surface area (Å²) in [6.07, 6.45) is 2.66. The van der Waals surface area contributed by atoms with Crippen LogP contribution in [0.4, 0.5) is 9.59 Å². The van der Waals surface area contributed by atoms with Gasteiger partial charge in [-0.3, -0.25) is 14.5 Å². The number of likely N-dealkylation sites (tertiary alicyclic amines) is 2. The zero-order chi connectivity index (χ0) is 42.2. The molecule has 2 aliphatic heterocycles. The standard InChI is InChI=1S/C45H43N9O7/c1-52(45(58)59)38(27-14-7-4-8-15-27)43(56)54-23-11-19-34(54)40-48-31-17-9-16-29(37(31)50-40)41-46-25-35(61-41)28-20-21-30-32(24-28)49-39(47-30)33-18-10-22-53(33)42(55)36(51-44(57)60-2)26-12-5-3-6-13-26/h3-9,12-17,20-21,24-25,33-34,36,38H,10-11,18-19,22-23H2,1-2H3,(H,47,49)(H,48,50)(H,51,57)(H,58,59)/t33?,34-,36-,38+/m0/s1. The number of rotatable bonds is 10. The second-order valence-corrected chi connectivity index (χ2v) is 15.3. The monoisotopic (exact) mass is 821 g/mol. The molecular weight excluding hydrogens is 779 g/mol. The first-order valence-corrected chi connectivity index (χ1v) is 20.1. The molecule has 4 atom stereocenters. The van der Waals surface area contributed by atoms with E-state index < -0.39 is 24.3 Å². The molecule has 16 heteroatoms. The number of benzene rings is 4. The van der Waals surface area contributed by atoms with Gasteiger partial charge in [-0.1, -0.05) is 66.7 Å². The number of H-pyrrole nitrogens is 2.